The molecule has 0 radical (unpaired) electrons. The number of aryl methyl sites for hydroxylation is 1. The number of carbonyl (C=O) groups is 1. The first-order valence-corrected chi connectivity index (χ1v) is 9.29. The molecule has 0 bridgehead atoms. The van der Waals surface area contributed by atoms with E-state index in [4.69, 9.17) is 4.74 Å². The lowest BCUT2D eigenvalue weighted by Crippen LogP contribution is -2.36. The van der Waals surface area contributed by atoms with Crippen LogP contribution in [0.4, 0.5) is 5.69 Å². The molecule has 1 saturated heterocycles. The zero-order valence-electron chi connectivity index (χ0n) is 15.7. The largest absolute Gasteiger partial charge is 0.378 e. The lowest BCUT2D eigenvalue weighted by Gasteiger charge is -2.29. The number of amides is 1. The Balaban J connectivity index is 1.45. The van der Waals surface area contributed by atoms with E-state index in [0.29, 0.717) is 5.69 Å². The van der Waals surface area contributed by atoms with Gasteiger partial charge in [-0.15, -0.1) is 0 Å². The topological polar surface area (TPSA) is 58.9 Å². The van der Waals surface area contributed by atoms with Crippen molar-refractivity contribution in [3.63, 3.8) is 0 Å². The number of rotatable bonds is 4. The Morgan fingerprint density at radius 2 is 1.93 bits per heavy atom. The highest BCUT2D eigenvalue weighted by atomic mass is 16.5. The van der Waals surface area contributed by atoms with Crippen LogP contribution < -0.4 is 10.2 Å². The van der Waals surface area contributed by atoms with Gasteiger partial charge in [-0.05, 0) is 43.2 Å². The second kappa shape index (κ2) is 7.40. The number of nitrogens with zero attached hydrogens (tertiary/aromatic N) is 3. The van der Waals surface area contributed by atoms with Crippen LogP contribution >= 0.6 is 0 Å². The van der Waals surface area contributed by atoms with Gasteiger partial charge in [0.1, 0.15) is 11.3 Å². The molecule has 1 amide bonds. The Labute approximate surface area is 158 Å². The molecule has 1 aliphatic rings. The fraction of sp³-hybridized carbons (Fsp3) is 0.333. The van der Waals surface area contributed by atoms with Gasteiger partial charge in [0.25, 0.3) is 5.91 Å². The SMILES string of the molecule is Cc1cccn2cc(C(=O)NC(C)c3ccc(N4CCOCC4)cc3)nc12. The van der Waals surface area contributed by atoms with E-state index in [1.54, 1.807) is 6.20 Å². The molecule has 3 heterocycles. The smallest absolute Gasteiger partial charge is 0.271 e. The summed E-state index contributed by atoms with van der Waals surface area (Å²) in [5.74, 6) is -0.164. The van der Waals surface area contributed by atoms with E-state index in [2.05, 4.69) is 39.5 Å². The van der Waals surface area contributed by atoms with Crippen LogP contribution in [0, 0.1) is 6.92 Å². The van der Waals surface area contributed by atoms with E-state index < -0.39 is 0 Å². The molecule has 140 valence electrons. The molecule has 0 spiro atoms. The van der Waals surface area contributed by atoms with E-state index >= 15 is 0 Å². The molecular weight excluding hydrogens is 340 g/mol. The predicted molar refractivity (Wildman–Crippen MR) is 105 cm³/mol. The highest BCUT2D eigenvalue weighted by molar-refractivity contribution is 5.93. The average molecular weight is 364 g/mol. The van der Waals surface area contributed by atoms with Gasteiger partial charge in [-0.3, -0.25) is 4.79 Å². The molecule has 4 rings (SSSR count). The number of ether oxygens (including phenoxy) is 1. The quantitative estimate of drug-likeness (QED) is 0.773. The van der Waals surface area contributed by atoms with Crippen molar-refractivity contribution in [1.82, 2.24) is 14.7 Å². The molecule has 1 atom stereocenters. The zero-order valence-corrected chi connectivity index (χ0v) is 15.7. The standard InChI is InChI=1S/C21H24N4O2/c1-15-4-3-9-25-14-19(23-20(15)25)21(26)22-16(2)17-5-7-18(8-6-17)24-10-12-27-13-11-24/h3-9,14,16H,10-13H2,1-2H3,(H,22,26). The monoisotopic (exact) mass is 364 g/mol. The fourth-order valence-electron chi connectivity index (χ4n) is 3.41. The number of hydrogen-bond acceptors (Lipinski definition) is 4. The van der Waals surface area contributed by atoms with Crippen molar-refractivity contribution in [1.29, 1.82) is 0 Å². The second-order valence-electron chi connectivity index (χ2n) is 6.93. The number of pyridine rings is 1. The van der Waals surface area contributed by atoms with Crippen LogP contribution in [0.2, 0.25) is 0 Å². The molecular formula is C21H24N4O2. The Morgan fingerprint density at radius 3 is 2.63 bits per heavy atom. The highest BCUT2D eigenvalue weighted by Gasteiger charge is 2.16. The second-order valence-corrected chi connectivity index (χ2v) is 6.93. The minimum absolute atomic E-state index is 0.0952. The minimum atomic E-state index is -0.164. The third kappa shape index (κ3) is 3.66. The Kier molecular flexibility index (Phi) is 4.81. The van der Waals surface area contributed by atoms with Gasteiger partial charge in [0.2, 0.25) is 0 Å². The molecule has 1 fully saturated rings. The molecule has 1 aromatic carbocycles. The van der Waals surface area contributed by atoms with Gasteiger partial charge in [0, 0.05) is 31.2 Å². The fourth-order valence-corrected chi connectivity index (χ4v) is 3.41. The summed E-state index contributed by atoms with van der Waals surface area (Å²) in [5, 5.41) is 3.04. The van der Waals surface area contributed by atoms with E-state index in [0.717, 1.165) is 43.1 Å². The molecule has 6 nitrogen and oxygen atoms in total. The van der Waals surface area contributed by atoms with Crippen LogP contribution in [0.25, 0.3) is 5.65 Å². The summed E-state index contributed by atoms with van der Waals surface area (Å²) in [6.45, 7) is 7.35. The van der Waals surface area contributed by atoms with Gasteiger partial charge in [-0.2, -0.15) is 0 Å². The Morgan fingerprint density at radius 1 is 1.19 bits per heavy atom. The molecule has 3 aromatic rings. The van der Waals surface area contributed by atoms with Crippen molar-refractivity contribution in [3.05, 3.63) is 65.6 Å². The van der Waals surface area contributed by atoms with Crippen molar-refractivity contribution in [2.45, 2.75) is 19.9 Å². The lowest BCUT2D eigenvalue weighted by atomic mass is 10.1. The van der Waals surface area contributed by atoms with Crippen LogP contribution in [0.1, 0.15) is 34.6 Å². The number of benzene rings is 1. The number of imidazole rings is 1. The van der Waals surface area contributed by atoms with Crippen LogP contribution in [0.3, 0.4) is 0 Å². The zero-order chi connectivity index (χ0) is 18.8. The summed E-state index contributed by atoms with van der Waals surface area (Å²) in [7, 11) is 0. The normalized spacial score (nSPS) is 15.7. The summed E-state index contributed by atoms with van der Waals surface area (Å²) in [4.78, 5) is 19.4. The first-order chi connectivity index (χ1) is 13.1. The minimum Gasteiger partial charge on any atom is -0.378 e. The van der Waals surface area contributed by atoms with Crippen LogP contribution in [0.5, 0.6) is 0 Å². The first-order valence-electron chi connectivity index (χ1n) is 9.29. The molecule has 1 aliphatic heterocycles. The number of carbonyl (C=O) groups excluding carboxylic acids is 1. The van der Waals surface area contributed by atoms with Crippen molar-refractivity contribution >= 4 is 17.2 Å². The summed E-state index contributed by atoms with van der Waals surface area (Å²) in [5.41, 5.74) is 4.55. The lowest BCUT2D eigenvalue weighted by molar-refractivity contribution is 0.0935. The van der Waals surface area contributed by atoms with Crippen LogP contribution in [0.15, 0.2) is 48.8 Å². The number of nitrogens with one attached hydrogen (secondary N) is 1. The van der Waals surface area contributed by atoms with Crippen molar-refractivity contribution in [2.75, 3.05) is 31.2 Å². The number of hydrogen-bond donors (Lipinski definition) is 1. The van der Waals surface area contributed by atoms with Gasteiger partial charge in [0.15, 0.2) is 0 Å². The molecule has 0 saturated carbocycles. The number of morpholine rings is 1. The molecule has 6 heteroatoms. The van der Waals surface area contributed by atoms with Crippen LogP contribution in [-0.4, -0.2) is 41.6 Å². The predicted octanol–water partition coefficient (Wildman–Crippen LogP) is 2.97. The van der Waals surface area contributed by atoms with E-state index in [1.807, 2.05) is 36.6 Å². The van der Waals surface area contributed by atoms with Crippen molar-refractivity contribution < 1.29 is 9.53 Å². The maximum Gasteiger partial charge on any atom is 0.271 e. The van der Waals surface area contributed by atoms with Gasteiger partial charge >= 0.3 is 0 Å². The highest BCUT2D eigenvalue weighted by Crippen LogP contribution is 2.20. The molecule has 2 aromatic heterocycles. The van der Waals surface area contributed by atoms with Crippen molar-refractivity contribution in [2.24, 2.45) is 0 Å². The summed E-state index contributed by atoms with van der Waals surface area (Å²) in [6, 6.07) is 12.2. The third-order valence-electron chi connectivity index (χ3n) is 5.03. The molecule has 1 unspecified atom stereocenters. The maximum absolute atomic E-state index is 12.6. The van der Waals surface area contributed by atoms with Gasteiger partial charge in [-0.25, -0.2) is 4.98 Å². The van der Waals surface area contributed by atoms with Gasteiger partial charge in [-0.1, -0.05) is 18.2 Å². The molecule has 0 aliphatic carbocycles. The average Bonchev–Trinajstić information content (AvgIpc) is 3.15. The van der Waals surface area contributed by atoms with Gasteiger partial charge < -0.3 is 19.4 Å². The van der Waals surface area contributed by atoms with E-state index in [1.165, 1.54) is 5.69 Å². The Bertz CT molecular complexity index is 942. The maximum atomic E-state index is 12.6. The van der Waals surface area contributed by atoms with Crippen molar-refractivity contribution in [3.8, 4) is 0 Å². The number of aromatic nitrogens is 2. The molecule has 1 N–H and O–H groups in total. The summed E-state index contributed by atoms with van der Waals surface area (Å²) in [6.07, 6.45) is 3.67. The third-order valence-corrected chi connectivity index (χ3v) is 5.03. The van der Waals surface area contributed by atoms with E-state index in [-0.39, 0.29) is 11.9 Å². The number of fused-ring (bicyclic) bond motifs is 1. The van der Waals surface area contributed by atoms with E-state index in [9.17, 15) is 4.79 Å². The Hall–Kier alpha value is -2.86. The summed E-state index contributed by atoms with van der Waals surface area (Å²) < 4.78 is 7.28. The summed E-state index contributed by atoms with van der Waals surface area (Å²) >= 11 is 0. The van der Waals surface area contributed by atoms with Crippen LogP contribution in [-0.2, 0) is 4.74 Å². The van der Waals surface area contributed by atoms with Gasteiger partial charge in [0.05, 0.1) is 19.3 Å². The first kappa shape index (κ1) is 17.5. The number of anilines is 1. The molecule has 27 heavy (non-hydrogen) atoms.